The number of carbonyl (C=O) groups excluding carboxylic acids is 1. The van der Waals surface area contributed by atoms with Gasteiger partial charge < -0.3 is 11.1 Å². The monoisotopic (exact) mass is 268 g/mol. The summed E-state index contributed by atoms with van der Waals surface area (Å²) in [5.41, 5.74) is 6.32. The largest absolute Gasteiger partial charge is 0.330 e. The lowest BCUT2D eigenvalue weighted by molar-refractivity contribution is -0.116. The quantitative estimate of drug-likeness (QED) is 0.796. The molecule has 0 aliphatic carbocycles. The first-order valence-corrected chi connectivity index (χ1v) is 6.79. The summed E-state index contributed by atoms with van der Waals surface area (Å²) in [6.07, 6.45) is 3.50. The number of hydrogen-bond acceptors (Lipinski definition) is 2. The van der Waals surface area contributed by atoms with Crippen LogP contribution >= 0.6 is 11.6 Å². The minimum absolute atomic E-state index is 0.0489. The number of anilines is 1. The summed E-state index contributed by atoms with van der Waals surface area (Å²) in [6, 6.07) is 7.13. The highest BCUT2D eigenvalue weighted by atomic mass is 35.5. The van der Waals surface area contributed by atoms with Crippen LogP contribution in [0.4, 0.5) is 5.69 Å². The molecule has 0 spiro atoms. The molecular formula is C14H21ClN2O. The molecule has 1 amide bonds. The van der Waals surface area contributed by atoms with Gasteiger partial charge in [-0.25, -0.2) is 0 Å². The van der Waals surface area contributed by atoms with Crippen LogP contribution in [0.15, 0.2) is 24.3 Å². The molecule has 18 heavy (non-hydrogen) atoms. The van der Waals surface area contributed by atoms with Crippen molar-refractivity contribution in [3.8, 4) is 0 Å². The van der Waals surface area contributed by atoms with Crippen molar-refractivity contribution >= 4 is 23.2 Å². The topological polar surface area (TPSA) is 55.1 Å². The summed E-state index contributed by atoms with van der Waals surface area (Å²) in [4.78, 5) is 11.7. The lowest BCUT2D eigenvalue weighted by atomic mass is 9.96. The van der Waals surface area contributed by atoms with Crippen molar-refractivity contribution in [2.24, 2.45) is 11.7 Å². The summed E-state index contributed by atoms with van der Waals surface area (Å²) in [7, 11) is 0. The average molecular weight is 269 g/mol. The standard InChI is InChI=1S/C14H21ClN2O/c1-2-11(9-10-16)3-8-14(18)17-13-6-4-12(15)5-7-13/h4-7,11H,2-3,8-10,16H2,1H3,(H,17,18). The Morgan fingerprint density at radius 2 is 2.00 bits per heavy atom. The van der Waals surface area contributed by atoms with E-state index in [2.05, 4.69) is 12.2 Å². The first kappa shape index (κ1) is 15.0. The zero-order chi connectivity index (χ0) is 13.4. The first-order valence-electron chi connectivity index (χ1n) is 6.41. The summed E-state index contributed by atoms with van der Waals surface area (Å²) in [6.45, 7) is 2.83. The summed E-state index contributed by atoms with van der Waals surface area (Å²) >= 11 is 5.78. The zero-order valence-electron chi connectivity index (χ0n) is 10.8. The Hall–Kier alpha value is -1.06. The lowest BCUT2D eigenvalue weighted by Crippen LogP contribution is -2.15. The first-order chi connectivity index (χ1) is 8.65. The normalized spacial score (nSPS) is 12.2. The molecule has 3 nitrogen and oxygen atoms in total. The fraction of sp³-hybridized carbons (Fsp3) is 0.500. The van der Waals surface area contributed by atoms with E-state index in [1.807, 2.05) is 0 Å². The molecular weight excluding hydrogens is 248 g/mol. The Balaban J connectivity index is 2.35. The molecule has 1 unspecified atom stereocenters. The van der Waals surface area contributed by atoms with Crippen molar-refractivity contribution in [2.75, 3.05) is 11.9 Å². The van der Waals surface area contributed by atoms with E-state index in [1.165, 1.54) is 0 Å². The smallest absolute Gasteiger partial charge is 0.224 e. The van der Waals surface area contributed by atoms with Gasteiger partial charge in [-0.3, -0.25) is 4.79 Å². The molecule has 1 aromatic carbocycles. The van der Waals surface area contributed by atoms with Crippen molar-refractivity contribution < 1.29 is 4.79 Å². The third-order valence-electron chi connectivity index (χ3n) is 3.06. The predicted octanol–water partition coefficient (Wildman–Crippen LogP) is 3.43. The van der Waals surface area contributed by atoms with Crippen LogP contribution in [0.1, 0.15) is 32.6 Å². The second-order valence-corrected chi connectivity index (χ2v) is 4.88. The minimum Gasteiger partial charge on any atom is -0.330 e. The van der Waals surface area contributed by atoms with Gasteiger partial charge in [0, 0.05) is 17.1 Å². The number of carbonyl (C=O) groups is 1. The van der Waals surface area contributed by atoms with Gasteiger partial charge >= 0.3 is 0 Å². The number of rotatable bonds is 7. The van der Waals surface area contributed by atoms with Crippen LogP contribution in [-0.2, 0) is 4.79 Å². The van der Waals surface area contributed by atoms with Crippen LogP contribution in [0.5, 0.6) is 0 Å². The zero-order valence-corrected chi connectivity index (χ0v) is 11.5. The molecule has 0 heterocycles. The third-order valence-corrected chi connectivity index (χ3v) is 3.31. The van der Waals surface area contributed by atoms with E-state index < -0.39 is 0 Å². The van der Waals surface area contributed by atoms with Crippen molar-refractivity contribution in [3.05, 3.63) is 29.3 Å². The maximum atomic E-state index is 11.7. The van der Waals surface area contributed by atoms with Gasteiger partial charge in [0.1, 0.15) is 0 Å². The van der Waals surface area contributed by atoms with Gasteiger partial charge in [-0.1, -0.05) is 24.9 Å². The molecule has 0 fully saturated rings. The minimum atomic E-state index is 0.0489. The van der Waals surface area contributed by atoms with E-state index in [4.69, 9.17) is 17.3 Å². The number of benzene rings is 1. The molecule has 1 rings (SSSR count). The summed E-state index contributed by atoms with van der Waals surface area (Å²) < 4.78 is 0. The van der Waals surface area contributed by atoms with Gasteiger partial charge in [0.2, 0.25) is 5.91 Å². The van der Waals surface area contributed by atoms with E-state index in [-0.39, 0.29) is 5.91 Å². The summed E-state index contributed by atoms with van der Waals surface area (Å²) in [5.74, 6) is 0.596. The number of halogens is 1. The lowest BCUT2D eigenvalue weighted by Gasteiger charge is -2.13. The highest BCUT2D eigenvalue weighted by Crippen LogP contribution is 2.17. The molecule has 0 saturated heterocycles. The predicted molar refractivity (Wildman–Crippen MR) is 76.8 cm³/mol. The molecule has 0 bridgehead atoms. The molecule has 1 atom stereocenters. The van der Waals surface area contributed by atoms with Crippen molar-refractivity contribution in [3.63, 3.8) is 0 Å². The number of amides is 1. The number of nitrogens with two attached hydrogens (primary N) is 1. The van der Waals surface area contributed by atoms with E-state index in [1.54, 1.807) is 24.3 Å². The molecule has 0 aliphatic rings. The Morgan fingerprint density at radius 3 is 2.56 bits per heavy atom. The van der Waals surface area contributed by atoms with Gasteiger partial charge in [-0.05, 0) is 49.6 Å². The maximum absolute atomic E-state index is 11.7. The molecule has 0 radical (unpaired) electrons. The maximum Gasteiger partial charge on any atom is 0.224 e. The SMILES string of the molecule is CCC(CCN)CCC(=O)Nc1ccc(Cl)cc1. The van der Waals surface area contributed by atoms with E-state index >= 15 is 0 Å². The van der Waals surface area contributed by atoms with Crippen LogP contribution < -0.4 is 11.1 Å². The van der Waals surface area contributed by atoms with Crippen molar-refractivity contribution in [1.82, 2.24) is 0 Å². The van der Waals surface area contributed by atoms with Gasteiger partial charge in [0.15, 0.2) is 0 Å². The molecule has 0 aromatic heterocycles. The second kappa shape index (κ2) is 8.11. The van der Waals surface area contributed by atoms with Gasteiger partial charge in [-0.15, -0.1) is 0 Å². The summed E-state index contributed by atoms with van der Waals surface area (Å²) in [5, 5.41) is 3.53. The van der Waals surface area contributed by atoms with Crippen LogP contribution in [0.3, 0.4) is 0 Å². The van der Waals surface area contributed by atoms with Gasteiger partial charge in [0.05, 0.1) is 0 Å². The Morgan fingerprint density at radius 1 is 1.33 bits per heavy atom. The van der Waals surface area contributed by atoms with E-state index in [0.29, 0.717) is 23.9 Å². The van der Waals surface area contributed by atoms with Crippen LogP contribution in [0, 0.1) is 5.92 Å². The molecule has 0 aliphatic heterocycles. The van der Waals surface area contributed by atoms with Crippen LogP contribution in [-0.4, -0.2) is 12.5 Å². The Bertz CT molecular complexity index is 365. The molecule has 4 heteroatoms. The fourth-order valence-electron chi connectivity index (χ4n) is 1.88. The molecule has 100 valence electrons. The Labute approximate surface area is 114 Å². The highest BCUT2D eigenvalue weighted by Gasteiger charge is 2.09. The van der Waals surface area contributed by atoms with E-state index in [9.17, 15) is 4.79 Å². The third kappa shape index (κ3) is 5.52. The van der Waals surface area contributed by atoms with Crippen LogP contribution in [0.2, 0.25) is 5.02 Å². The number of hydrogen-bond donors (Lipinski definition) is 2. The number of nitrogens with one attached hydrogen (secondary N) is 1. The Kier molecular flexibility index (Phi) is 6.76. The van der Waals surface area contributed by atoms with Gasteiger partial charge in [-0.2, -0.15) is 0 Å². The van der Waals surface area contributed by atoms with Gasteiger partial charge in [0.25, 0.3) is 0 Å². The van der Waals surface area contributed by atoms with Crippen molar-refractivity contribution in [2.45, 2.75) is 32.6 Å². The fourth-order valence-corrected chi connectivity index (χ4v) is 2.01. The van der Waals surface area contributed by atoms with Crippen molar-refractivity contribution in [1.29, 1.82) is 0 Å². The highest BCUT2D eigenvalue weighted by molar-refractivity contribution is 6.30. The van der Waals surface area contributed by atoms with E-state index in [0.717, 1.165) is 24.9 Å². The molecule has 1 aromatic rings. The van der Waals surface area contributed by atoms with Crippen LogP contribution in [0.25, 0.3) is 0 Å². The molecule has 0 saturated carbocycles. The second-order valence-electron chi connectivity index (χ2n) is 4.45. The molecule has 3 N–H and O–H groups in total. The average Bonchev–Trinajstić information content (AvgIpc) is 2.37.